The molecule has 1 fully saturated rings. The first-order valence-corrected chi connectivity index (χ1v) is 6.58. The molecule has 0 bridgehead atoms. The first-order valence-electron chi connectivity index (χ1n) is 6.58. The second-order valence-corrected chi connectivity index (χ2v) is 4.61. The first-order chi connectivity index (χ1) is 10.6. The van der Waals surface area contributed by atoms with E-state index in [2.05, 4.69) is 0 Å². The molecule has 6 nitrogen and oxygen atoms in total. The molecule has 114 valence electrons. The van der Waals surface area contributed by atoms with Crippen molar-refractivity contribution >= 4 is 5.69 Å². The molecule has 1 heterocycles. The molecule has 0 amide bonds. The lowest BCUT2D eigenvalue weighted by Gasteiger charge is -2.11. The van der Waals surface area contributed by atoms with Gasteiger partial charge in [-0.1, -0.05) is 0 Å². The van der Waals surface area contributed by atoms with Crippen molar-refractivity contribution in [2.45, 2.75) is 6.29 Å². The third-order valence-corrected chi connectivity index (χ3v) is 3.12. The van der Waals surface area contributed by atoms with Crippen LogP contribution in [0.1, 0.15) is 11.9 Å². The van der Waals surface area contributed by atoms with Crippen LogP contribution in [0.2, 0.25) is 0 Å². The molecule has 1 aliphatic rings. The molecule has 0 N–H and O–H groups in total. The molecule has 0 saturated carbocycles. The lowest BCUT2D eigenvalue weighted by Crippen LogP contribution is -2.01. The lowest BCUT2D eigenvalue weighted by molar-refractivity contribution is -0.385. The van der Waals surface area contributed by atoms with Gasteiger partial charge in [0.2, 0.25) is 5.75 Å². The van der Waals surface area contributed by atoms with E-state index in [0.29, 0.717) is 24.5 Å². The normalized spacial score (nSPS) is 15.0. The lowest BCUT2D eigenvalue weighted by atomic mass is 10.2. The van der Waals surface area contributed by atoms with Gasteiger partial charge in [0.25, 0.3) is 0 Å². The second kappa shape index (κ2) is 6.08. The summed E-state index contributed by atoms with van der Waals surface area (Å²) in [5, 5.41) is 11.2. The topological polar surface area (TPSA) is 70.8 Å². The molecule has 2 aromatic rings. The minimum atomic E-state index is -0.599. The summed E-state index contributed by atoms with van der Waals surface area (Å²) in [6.45, 7) is 0.901. The molecule has 0 unspecified atom stereocenters. The summed E-state index contributed by atoms with van der Waals surface area (Å²) in [6.07, 6.45) is -0.599. The third kappa shape index (κ3) is 3.05. The van der Waals surface area contributed by atoms with E-state index in [1.807, 2.05) is 0 Å². The van der Waals surface area contributed by atoms with Crippen molar-refractivity contribution in [3.8, 4) is 11.5 Å². The van der Waals surface area contributed by atoms with E-state index in [1.54, 1.807) is 6.07 Å². The molecule has 0 spiro atoms. The van der Waals surface area contributed by atoms with Crippen molar-refractivity contribution in [3.63, 3.8) is 0 Å². The van der Waals surface area contributed by atoms with Crippen LogP contribution in [-0.4, -0.2) is 18.1 Å². The van der Waals surface area contributed by atoms with Crippen LogP contribution in [0.15, 0.2) is 42.5 Å². The van der Waals surface area contributed by atoms with E-state index < -0.39 is 17.0 Å². The maximum absolute atomic E-state index is 12.9. The summed E-state index contributed by atoms with van der Waals surface area (Å²) >= 11 is 0. The van der Waals surface area contributed by atoms with E-state index in [0.717, 1.165) is 0 Å². The fourth-order valence-electron chi connectivity index (χ4n) is 2.09. The molecule has 3 rings (SSSR count). The Labute approximate surface area is 125 Å². The third-order valence-electron chi connectivity index (χ3n) is 3.12. The number of hydrogen-bond acceptors (Lipinski definition) is 5. The average molecular weight is 305 g/mol. The van der Waals surface area contributed by atoms with E-state index >= 15 is 0 Å². The van der Waals surface area contributed by atoms with Crippen LogP contribution in [0.3, 0.4) is 0 Å². The van der Waals surface area contributed by atoms with Gasteiger partial charge >= 0.3 is 5.69 Å². The standard InChI is InChI=1S/C15H12FNO5/c16-11-2-4-12(5-3-11)22-14-6-1-10(9-13(14)17(18)19)15-20-7-8-21-15/h1-6,9,15H,7-8H2. The quantitative estimate of drug-likeness (QED) is 0.638. The Morgan fingerprint density at radius 1 is 1.14 bits per heavy atom. The number of nitro groups is 1. The Balaban J connectivity index is 1.89. The van der Waals surface area contributed by atoms with Crippen LogP contribution in [0, 0.1) is 15.9 Å². The number of benzene rings is 2. The molecule has 0 atom stereocenters. The monoisotopic (exact) mass is 305 g/mol. The van der Waals surface area contributed by atoms with Gasteiger partial charge in [-0.05, 0) is 36.4 Å². The number of ether oxygens (including phenoxy) is 3. The smallest absolute Gasteiger partial charge is 0.312 e. The van der Waals surface area contributed by atoms with Crippen LogP contribution in [0.4, 0.5) is 10.1 Å². The Hall–Kier alpha value is -2.51. The van der Waals surface area contributed by atoms with Crippen molar-refractivity contribution in [2.24, 2.45) is 0 Å². The van der Waals surface area contributed by atoms with Gasteiger partial charge in [-0.2, -0.15) is 0 Å². The van der Waals surface area contributed by atoms with E-state index in [-0.39, 0.29) is 11.4 Å². The highest BCUT2D eigenvalue weighted by atomic mass is 19.1. The molecule has 0 radical (unpaired) electrons. The van der Waals surface area contributed by atoms with Crippen molar-refractivity contribution in [3.05, 3.63) is 64.0 Å². The number of nitrogens with zero attached hydrogens (tertiary/aromatic N) is 1. The second-order valence-electron chi connectivity index (χ2n) is 4.61. The van der Waals surface area contributed by atoms with Crippen LogP contribution >= 0.6 is 0 Å². The van der Waals surface area contributed by atoms with Crippen molar-refractivity contribution in [1.82, 2.24) is 0 Å². The number of nitro benzene ring substituents is 1. The van der Waals surface area contributed by atoms with Gasteiger partial charge in [-0.25, -0.2) is 4.39 Å². The van der Waals surface area contributed by atoms with E-state index in [9.17, 15) is 14.5 Å². The molecule has 22 heavy (non-hydrogen) atoms. The van der Waals surface area contributed by atoms with Crippen molar-refractivity contribution in [1.29, 1.82) is 0 Å². The Bertz CT molecular complexity index is 683. The molecular weight excluding hydrogens is 293 g/mol. The van der Waals surface area contributed by atoms with Crippen LogP contribution in [-0.2, 0) is 9.47 Å². The highest BCUT2D eigenvalue weighted by Crippen LogP contribution is 2.35. The summed E-state index contributed by atoms with van der Waals surface area (Å²) in [6, 6.07) is 9.70. The maximum Gasteiger partial charge on any atom is 0.312 e. The van der Waals surface area contributed by atoms with E-state index in [4.69, 9.17) is 14.2 Å². The maximum atomic E-state index is 12.9. The summed E-state index contributed by atoms with van der Waals surface area (Å²) in [5.41, 5.74) is 0.344. The molecule has 2 aromatic carbocycles. The highest BCUT2D eigenvalue weighted by molar-refractivity contribution is 5.51. The molecule has 0 aliphatic carbocycles. The fraction of sp³-hybridized carbons (Fsp3) is 0.200. The minimum absolute atomic E-state index is 0.0679. The number of rotatable bonds is 4. The van der Waals surface area contributed by atoms with Gasteiger partial charge in [-0.3, -0.25) is 10.1 Å². The summed E-state index contributed by atoms with van der Waals surface area (Å²) < 4.78 is 29.0. The summed E-state index contributed by atoms with van der Waals surface area (Å²) in [7, 11) is 0. The average Bonchev–Trinajstić information content (AvgIpc) is 3.04. The summed E-state index contributed by atoms with van der Waals surface area (Å²) in [5.74, 6) is -0.0308. The highest BCUT2D eigenvalue weighted by Gasteiger charge is 2.23. The number of hydrogen-bond donors (Lipinski definition) is 0. The molecular formula is C15H12FNO5. The Kier molecular flexibility index (Phi) is 3.99. The van der Waals surface area contributed by atoms with Gasteiger partial charge in [0.15, 0.2) is 6.29 Å². The van der Waals surface area contributed by atoms with Gasteiger partial charge in [0, 0.05) is 11.6 Å². The largest absolute Gasteiger partial charge is 0.450 e. The zero-order chi connectivity index (χ0) is 15.5. The predicted octanol–water partition coefficient (Wildman–Crippen LogP) is 3.57. The van der Waals surface area contributed by atoms with Gasteiger partial charge < -0.3 is 14.2 Å². The van der Waals surface area contributed by atoms with Crippen molar-refractivity contribution in [2.75, 3.05) is 13.2 Å². The fourth-order valence-corrected chi connectivity index (χ4v) is 2.09. The predicted molar refractivity (Wildman–Crippen MR) is 74.2 cm³/mol. The van der Waals surface area contributed by atoms with Gasteiger partial charge in [0.1, 0.15) is 11.6 Å². The van der Waals surface area contributed by atoms with Crippen molar-refractivity contribution < 1.29 is 23.5 Å². The Morgan fingerprint density at radius 2 is 1.82 bits per heavy atom. The Morgan fingerprint density at radius 3 is 2.45 bits per heavy atom. The molecule has 7 heteroatoms. The van der Waals surface area contributed by atoms with Gasteiger partial charge in [-0.15, -0.1) is 0 Å². The number of halogens is 1. The minimum Gasteiger partial charge on any atom is -0.450 e. The van der Waals surface area contributed by atoms with Crippen LogP contribution in [0.25, 0.3) is 0 Å². The zero-order valence-corrected chi connectivity index (χ0v) is 11.4. The van der Waals surface area contributed by atoms with Crippen LogP contribution in [0.5, 0.6) is 11.5 Å². The van der Waals surface area contributed by atoms with E-state index in [1.165, 1.54) is 36.4 Å². The van der Waals surface area contributed by atoms with Crippen LogP contribution < -0.4 is 4.74 Å². The SMILES string of the molecule is O=[N+]([O-])c1cc(C2OCCO2)ccc1Oc1ccc(F)cc1. The molecule has 0 aromatic heterocycles. The summed E-state index contributed by atoms with van der Waals surface area (Å²) in [4.78, 5) is 10.7. The van der Waals surface area contributed by atoms with Gasteiger partial charge in [0.05, 0.1) is 18.1 Å². The molecule has 1 aliphatic heterocycles. The zero-order valence-electron chi connectivity index (χ0n) is 11.4. The first kappa shape index (κ1) is 14.4. The molecule has 1 saturated heterocycles.